The maximum Gasteiger partial charge on any atom is 0.0787 e. The highest BCUT2D eigenvalue weighted by Crippen LogP contribution is 2.35. The molecule has 0 amide bonds. The van der Waals surface area contributed by atoms with E-state index in [0.717, 1.165) is 49.6 Å². The van der Waals surface area contributed by atoms with Crippen molar-refractivity contribution < 1.29 is 0 Å². The molecule has 0 radical (unpaired) electrons. The zero-order valence-corrected chi connectivity index (χ0v) is 30.9. The maximum atomic E-state index is 5.18. The molecule has 0 spiro atoms. The first-order valence-corrected chi connectivity index (χ1v) is 19.0. The van der Waals surface area contributed by atoms with Crippen molar-refractivity contribution in [2.75, 3.05) is 0 Å². The SMILES string of the molecule is CC(C)c1cncc(CCc2cc(CCc3cncc(C(C)C)c3)cc(-c3ccccc3-c3cnc4c(c3)c3c(c5ccccc54)=CCCC=3)c2)c1. The molecule has 0 saturated heterocycles. The summed E-state index contributed by atoms with van der Waals surface area (Å²) in [4.78, 5) is 14.3. The van der Waals surface area contributed by atoms with E-state index in [1.54, 1.807) is 0 Å². The van der Waals surface area contributed by atoms with Gasteiger partial charge in [0.25, 0.3) is 0 Å². The van der Waals surface area contributed by atoms with E-state index in [1.807, 2.05) is 24.8 Å². The van der Waals surface area contributed by atoms with Crippen LogP contribution < -0.4 is 10.4 Å². The van der Waals surface area contributed by atoms with Crippen LogP contribution in [0.4, 0.5) is 0 Å². The van der Waals surface area contributed by atoms with E-state index in [4.69, 9.17) is 4.98 Å². The highest BCUT2D eigenvalue weighted by molar-refractivity contribution is 6.07. The van der Waals surface area contributed by atoms with Crippen LogP contribution in [0.5, 0.6) is 0 Å². The average Bonchev–Trinajstić information content (AvgIpc) is 3.19. The molecular formula is C49H47N3. The monoisotopic (exact) mass is 677 g/mol. The van der Waals surface area contributed by atoms with Crippen molar-refractivity contribution in [2.45, 2.75) is 78.1 Å². The third-order valence-corrected chi connectivity index (χ3v) is 10.8. The van der Waals surface area contributed by atoms with E-state index in [0.29, 0.717) is 11.8 Å². The molecule has 3 nitrogen and oxygen atoms in total. The van der Waals surface area contributed by atoms with Crippen molar-refractivity contribution in [1.82, 2.24) is 15.0 Å². The van der Waals surface area contributed by atoms with Gasteiger partial charge >= 0.3 is 0 Å². The lowest BCUT2D eigenvalue weighted by molar-refractivity contribution is 0.843. The van der Waals surface area contributed by atoms with Gasteiger partial charge in [-0.05, 0) is 122 Å². The largest absolute Gasteiger partial charge is 0.264 e. The van der Waals surface area contributed by atoms with Crippen LogP contribution in [-0.2, 0) is 25.7 Å². The number of hydrogen-bond acceptors (Lipinski definition) is 3. The van der Waals surface area contributed by atoms with Gasteiger partial charge < -0.3 is 0 Å². The quantitative estimate of drug-likeness (QED) is 0.135. The first-order valence-electron chi connectivity index (χ1n) is 19.0. The fourth-order valence-electron chi connectivity index (χ4n) is 7.83. The summed E-state index contributed by atoms with van der Waals surface area (Å²) in [6.45, 7) is 8.94. The van der Waals surface area contributed by atoms with Gasteiger partial charge in [-0.3, -0.25) is 15.0 Å². The molecule has 3 aromatic heterocycles. The Kier molecular flexibility index (Phi) is 9.52. The number of nitrogens with zero attached hydrogens (tertiary/aromatic N) is 3. The van der Waals surface area contributed by atoms with Crippen LogP contribution in [0.3, 0.4) is 0 Å². The second-order valence-electron chi connectivity index (χ2n) is 15.1. The van der Waals surface area contributed by atoms with E-state index in [1.165, 1.54) is 76.7 Å². The number of rotatable bonds is 10. The number of fused-ring (bicyclic) bond motifs is 6. The molecule has 0 aliphatic heterocycles. The van der Waals surface area contributed by atoms with Crippen molar-refractivity contribution in [3.05, 3.63) is 160 Å². The van der Waals surface area contributed by atoms with Crippen molar-refractivity contribution in [3.63, 3.8) is 0 Å². The lowest BCUT2D eigenvalue weighted by Crippen LogP contribution is -2.28. The zero-order valence-electron chi connectivity index (χ0n) is 30.9. The van der Waals surface area contributed by atoms with Gasteiger partial charge in [0.1, 0.15) is 0 Å². The van der Waals surface area contributed by atoms with Crippen LogP contribution in [0, 0.1) is 0 Å². The molecule has 0 saturated carbocycles. The number of aryl methyl sites for hydroxylation is 4. The summed E-state index contributed by atoms with van der Waals surface area (Å²) in [6.07, 6.45) is 21.0. The third-order valence-electron chi connectivity index (χ3n) is 10.8. The Hall–Kier alpha value is -5.41. The Labute approximate surface area is 307 Å². The summed E-state index contributed by atoms with van der Waals surface area (Å²) in [7, 11) is 0. The van der Waals surface area contributed by atoms with E-state index in [-0.39, 0.29) is 0 Å². The molecule has 3 heteroatoms. The minimum atomic E-state index is 0.465. The molecule has 3 heterocycles. The number of hydrogen-bond donors (Lipinski definition) is 0. The molecule has 0 atom stereocenters. The van der Waals surface area contributed by atoms with Crippen LogP contribution >= 0.6 is 0 Å². The molecular weight excluding hydrogens is 631 g/mol. The Bertz CT molecular complexity index is 2470. The number of benzene rings is 4. The lowest BCUT2D eigenvalue weighted by atomic mass is 9.89. The van der Waals surface area contributed by atoms with Crippen molar-refractivity contribution in [2.24, 2.45) is 0 Å². The smallest absolute Gasteiger partial charge is 0.0787 e. The molecule has 1 aliphatic carbocycles. The molecule has 8 rings (SSSR count). The first-order chi connectivity index (χ1) is 25.4. The molecule has 52 heavy (non-hydrogen) atoms. The Morgan fingerprint density at radius 3 is 1.60 bits per heavy atom. The topological polar surface area (TPSA) is 38.7 Å². The summed E-state index contributed by atoms with van der Waals surface area (Å²) in [5, 5.41) is 6.43. The fourth-order valence-corrected chi connectivity index (χ4v) is 7.83. The lowest BCUT2D eigenvalue weighted by Gasteiger charge is -2.16. The summed E-state index contributed by atoms with van der Waals surface area (Å²) < 4.78 is 0. The minimum absolute atomic E-state index is 0.465. The molecule has 258 valence electrons. The normalized spacial score (nSPS) is 12.7. The van der Waals surface area contributed by atoms with Crippen LogP contribution in [0.2, 0.25) is 0 Å². The van der Waals surface area contributed by atoms with Gasteiger partial charge in [0.2, 0.25) is 0 Å². The summed E-state index contributed by atoms with van der Waals surface area (Å²) in [5.74, 6) is 0.930. The number of aromatic nitrogens is 3. The molecule has 0 unspecified atom stereocenters. The summed E-state index contributed by atoms with van der Waals surface area (Å²) in [5.41, 5.74) is 13.8. The minimum Gasteiger partial charge on any atom is -0.264 e. The van der Waals surface area contributed by atoms with Crippen molar-refractivity contribution in [1.29, 1.82) is 0 Å². The van der Waals surface area contributed by atoms with E-state index in [2.05, 4.69) is 141 Å². The van der Waals surface area contributed by atoms with Crippen LogP contribution in [0.1, 0.15) is 85.8 Å². The van der Waals surface area contributed by atoms with Gasteiger partial charge in [0.05, 0.1) is 5.52 Å². The van der Waals surface area contributed by atoms with Gasteiger partial charge in [0.15, 0.2) is 0 Å². The molecule has 0 bridgehead atoms. The first kappa shape index (κ1) is 33.7. The molecule has 0 fully saturated rings. The van der Waals surface area contributed by atoms with E-state index >= 15 is 0 Å². The van der Waals surface area contributed by atoms with Gasteiger partial charge in [-0.25, -0.2) is 0 Å². The third kappa shape index (κ3) is 6.93. The second-order valence-corrected chi connectivity index (χ2v) is 15.1. The molecule has 7 aromatic rings. The highest BCUT2D eigenvalue weighted by Gasteiger charge is 2.15. The average molecular weight is 678 g/mol. The highest BCUT2D eigenvalue weighted by atomic mass is 14.7. The zero-order chi connectivity index (χ0) is 35.6. The predicted molar refractivity (Wildman–Crippen MR) is 219 cm³/mol. The van der Waals surface area contributed by atoms with Gasteiger partial charge in [-0.2, -0.15) is 0 Å². The van der Waals surface area contributed by atoms with Crippen LogP contribution in [-0.4, -0.2) is 15.0 Å². The van der Waals surface area contributed by atoms with Gasteiger partial charge in [-0.15, -0.1) is 0 Å². The Morgan fingerprint density at radius 1 is 0.481 bits per heavy atom. The van der Waals surface area contributed by atoms with Crippen LogP contribution in [0.25, 0.3) is 56.1 Å². The molecule has 4 aromatic carbocycles. The Morgan fingerprint density at radius 2 is 1.00 bits per heavy atom. The second kappa shape index (κ2) is 14.7. The van der Waals surface area contributed by atoms with Crippen LogP contribution in [0.15, 0.2) is 116 Å². The van der Waals surface area contributed by atoms with Gasteiger partial charge in [0, 0.05) is 47.3 Å². The van der Waals surface area contributed by atoms with Crippen molar-refractivity contribution >= 4 is 33.8 Å². The standard InChI is InChI=1S/C49H47N3/c1-32(2)39-24-36(27-50-29-39)19-17-34-21-35(18-20-37-25-40(33(3)4)30-51-28-37)23-38(22-34)42-11-5-6-12-43(42)41-26-48-46-15-8-7-13-44(46)45-14-9-10-16-47(45)49(48)52-31-41/h5-6,9-16,21-33H,7-8,17-20H2,1-4H3. The summed E-state index contributed by atoms with van der Waals surface area (Å²) in [6, 6.07) is 31.9. The van der Waals surface area contributed by atoms with E-state index < -0.39 is 0 Å². The van der Waals surface area contributed by atoms with Gasteiger partial charge in [-0.1, -0.05) is 119 Å². The number of pyridine rings is 3. The van der Waals surface area contributed by atoms with Crippen molar-refractivity contribution in [3.8, 4) is 22.3 Å². The molecule has 0 N–H and O–H groups in total. The Balaban J connectivity index is 1.20. The van der Waals surface area contributed by atoms with E-state index in [9.17, 15) is 0 Å². The fraction of sp³-hybridized carbons (Fsp3) is 0.245. The predicted octanol–water partition coefficient (Wildman–Crippen LogP) is 10.7. The summed E-state index contributed by atoms with van der Waals surface area (Å²) >= 11 is 0. The molecule has 1 aliphatic rings. The maximum absolute atomic E-state index is 5.18.